The fourth-order valence-corrected chi connectivity index (χ4v) is 3.90. The number of rotatable bonds is 2. The largest absolute Gasteiger partial charge is 0.496 e. The zero-order chi connectivity index (χ0) is 18.6. The fourth-order valence-electron chi connectivity index (χ4n) is 3.90. The molecule has 0 unspecified atom stereocenters. The third-order valence-corrected chi connectivity index (χ3v) is 5.13. The number of hydrogen-bond acceptors (Lipinski definition) is 4. The molecule has 0 amide bonds. The molecule has 2 heterocycles. The van der Waals surface area contributed by atoms with Gasteiger partial charge in [-0.3, -0.25) is 4.79 Å². The van der Waals surface area contributed by atoms with E-state index >= 15 is 0 Å². The molecule has 1 atom stereocenters. The van der Waals surface area contributed by atoms with Crippen molar-refractivity contribution in [1.29, 1.82) is 0 Å². The molecule has 0 spiro atoms. The molecule has 0 radical (unpaired) electrons. The predicted octanol–water partition coefficient (Wildman–Crippen LogP) is 3.33. The summed E-state index contributed by atoms with van der Waals surface area (Å²) in [5, 5.41) is 17.4. The molecule has 4 aromatic rings. The second kappa shape index (κ2) is 5.53. The van der Waals surface area contributed by atoms with Gasteiger partial charge in [-0.25, -0.2) is 4.68 Å². The summed E-state index contributed by atoms with van der Waals surface area (Å²) in [6.07, 6.45) is 0. The Balaban J connectivity index is 1.95. The summed E-state index contributed by atoms with van der Waals surface area (Å²) < 4.78 is 6.94. The molecule has 1 aromatic heterocycles. The van der Waals surface area contributed by atoms with Gasteiger partial charge in [-0.15, -0.1) is 0 Å². The van der Waals surface area contributed by atoms with Crippen LogP contribution in [0.5, 0.6) is 5.75 Å². The van der Waals surface area contributed by atoms with Crippen LogP contribution < -0.4 is 4.74 Å². The van der Waals surface area contributed by atoms with Gasteiger partial charge in [0.2, 0.25) is 11.5 Å². The number of ketones is 1. The normalized spacial score (nSPS) is 18.2. The zero-order valence-electron chi connectivity index (χ0n) is 14.6. The molecule has 5 rings (SSSR count). The van der Waals surface area contributed by atoms with Gasteiger partial charge in [0.25, 0.3) is 0 Å². The maximum Gasteiger partial charge on any atom is 0.215 e. The topological polar surface area (TPSA) is 64.3 Å². The minimum atomic E-state index is -1.66. The number of aromatic nitrogens is 2. The molecule has 132 valence electrons. The van der Waals surface area contributed by atoms with Crippen molar-refractivity contribution in [2.24, 2.45) is 0 Å². The number of carbonyl (C=O) groups is 1. The van der Waals surface area contributed by atoms with Crippen molar-refractivity contribution in [2.45, 2.75) is 5.72 Å². The lowest BCUT2D eigenvalue weighted by Crippen LogP contribution is -2.43. The SMILES string of the molecule is COc1ccccc1[C@]1(O)c2ccccc2C(=O)c2c3ccccc3nn21. The molecule has 1 aliphatic heterocycles. The van der Waals surface area contributed by atoms with E-state index in [1.165, 1.54) is 4.68 Å². The summed E-state index contributed by atoms with van der Waals surface area (Å²) in [7, 11) is 1.56. The Labute approximate surface area is 155 Å². The molecular weight excluding hydrogens is 340 g/mol. The van der Waals surface area contributed by atoms with Gasteiger partial charge in [0.05, 0.1) is 18.2 Å². The van der Waals surface area contributed by atoms with Crippen molar-refractivity contribution >= 4 is 16.7 Å². The molecule has 1 aliphatic rings. The van der Waals surface area contributed by atoms with Gasteiger partial charge < -0.3 is 9.84 Å². The average Bonchev–Trinajstić information content (AvgIpc) is 3.12. The maximum atomic E-state index is 13.3. The van der Waals surface area contributed by atoms with Crippen LogP contribution in [0.15, 0.2) is 72.8 Å². The van der Waals surface area contributed by atoms with E-state index in [1.54, 1.807) is 43.5 Å². The molecule has 0 aliphatic carbocycles. The Bertz CT molecular complexity index is 1210. The van der Waals surface area contributed by atoms with E-state index in [9.17, 15) is 9.90 Å². The molecule has 5 nitrogen and oxygen atoms in total. The maximum absolute atomic E-state index is 13.3. The number of benzene rings is 3. The van der Waals surface area contributed by atoms with Crippen LogP contribution in [0.25, 0.3) is 10.9 Å². The minimum absolute atomic E-state index is 0.154. The molecule has 0 bridgehead atoms. The van der Waals surface area contributed by atoms with E-state index in [0.717, 1.165) is 0 Å². The van der Waals surface area contributed by atoms with Gasteiger partial charge in [0.1, 0.15) is 11.4 Å². The molecular formula is C22H16N2O3. The van der Waals surface area contributed by atoms with E-state index in [2.05, 4.69) is 5.10 Å². The molecule has 0 saturated heterocycles. The van der Waals surface area contributed by atoms with Crippen molar-refractivity contribution in [3.05, 3.63) is 95.2 Å². The summed E-state index contributed by atoms with van der Waals surface area (Å²) in [6.45, 7) is 0. The summed E-state index contributed by atoms with van der Waals surface area (Å²) >= 11 is 0. The van der Waals surface area contributed by atoms with E-state index in [1.807, 2.05) is 36.4 Å². The number of aliphatic hydroxyl groups is 1. The van der Waals surface area contributed by atoms with Gasteiger partial charge in [-0.05, 0) is 12.1 Å². The lowest BCUT2D eigenvalue weighted by molar-refractivity contribution is 0.0264. The fraction of sp³-hybridized carbons (Fsp3) is 0.0909. The lowest BCUT2D eigenvalue weighted by atomic mass is 9.84. The molecule has 0 saturated carbocycles. The van der Waals surface area contributed by atoms with Crippen LogP contribution in [0.2, 0.25) is 0 Å². The van der Waals surface area contributed by atoms with Gasteiger partial charge in [0, 0.05) is 16.5 Å². The summed E-state index contributed by atoms with van der Waals surface area (Å²) in [5.74, 6) is 0.369. The summed E-state index contributed by atoms with van der Waals surface area (Å²) in [4.78, 5) is 13.3. The van der Waals surface area contributed by atoms with E-state index in [4.69, 9.17) is 4.74 Å². The van der Waals surface area contributed by atoms with Crippen molar-refractivity contribution in [2.75, 3.05) is 7.11 Å². The standard InChI is InChI=1S/C22H16N2O3/c1-27-19-13-7-5-11-17(19)22(26)16-10-4-2-8-14(16)21(25)20-15-9-3-6-12-18(15)23-24(20)22/h2-13,26H,1H3/t22-/m1/s1. The number of methoxy groups -OCH3 is 1. The van der Waals surface area contributed by atoms with Crippen LogP contribution in [-0.2, 0) is 5.72 Å². The first-order valence-electron chi connectivity index (χ1n) is 8.64. The average molecular weight is 356 g/mol. The van der Waals surface area contributed by atoms with Gasteiger partial charge in [-0.2, -0.15) is 5.10 Å². The van der Waals surface area contributed by atoms with Gasteiger partial charge >= 0.3 is 0 Å². The predicted molar refractivity (Wildman–Crippen MR) is 101 cm³/mol. The van der Waals surface area contributed by atoms with E-state index < -0.39 is 5.72 Å². The quantitative estimate of drug-likeness (QED) is 0.598. The molecule has 5 heteroatoms. The van der Waals surface area contributed by atoms with E-state index in [-0.39, 0.29) is 5.78 Å². The highest BCUT2D eigenvalue weighted by Crippen LogP contribution is 2.43. The van der Waals surface area contributed by atoms with Crippen molar-refractivity contribution in [3.63, 3.8) is 0 Å². The molecule has 1 N–H and O–H groups in total. The highest BCUT2D eigenvalue weighted by atomic mass is 16.5. The smallest absolute Gasteiger partial charge is 0.215 e. The van der Waals surface area contributed by atoms with Crippen LogP contribution >= 0.6 is 0 Å². The molecule has 27 heavy (non-hydrogen) atoms. The van der Waals surface area contributed by atoms with Crippen molar-refractivity contribution in [1.82, 2.24) is 9.78 Å². The number of ether oxygens (including phenoxy) is 1. The van der Waals surface area contributed by atoms with Crippen LogP contribution in [0.4, 0.5) is 0 Å². The number of nitrogens with zero attached hydrogens (tertiary/aromatic N) is 2. The number of carbonyl (C=O) groups excluding carboxylic acids is 1. The Morgan fingerprint density at radius 3 is 2.41 bits per heavy atom. The molecule has 0 fully saturated rings. The first-order valence-corrected chi connectivity index (χ1v) is 8.64. The zero-order valence-corrected chi connectivity index (χ0v) is 14.6. The van der Waals surface area contributed by atoms with E-state index in [0.29, 0.717) is 39.0 Å². The monoisotopic (exact) mass is 356 g/mol. The summed E-state index contributed by atoms with van der Waals surface area (Å²) in [6, 6.07) is 21.8. The minimum Gasteiger partial charge on any atom is -0.496 e. The molecule has 3 aromatic carbocycles. The second-order valence-corrected chi connectivity index (χ2v) is 6.52. The summed E-state index contributed by atoms with van der Waals surface area (Å²) in [5.41, 5.74) is 0.843. The number of para-hydroxylation sites is 1. The first kappa shape index (κ1) is 15.8. The second-order valence-electron chi connectivity index (χ2n) is 6.52. The number of hydrogen-bond donors (Lipinski definition) is 1. The Kier molecular flexibility index (Phi) is 3.23. The van der Waals surface area contributed by atoms with Crippen LogP contribution in [0.3, 0.4) is 0 Å². The van der Waals surface area contributed by atoms with Crippen molar-refractivity contribution in [3.8, 4) is 5.75 Å². The first-order chi connectivity index (χ1) is 13.2. The van der Waals surface area contributed by atoms with Crippen LogP contribution in [0.1, 0.15) is 27.2 Å². The third-order valence-electron chi connectivity index (χ3n) is 5.13. The third kappa shape index (κ3) is 1.97. The lowest BCUT2D eigenvalue weighted by Gasteiger charge is -2.36. The Morgan fingerprint density at radius 1 is 0.926 bits per heavy atom. The highest BCUT2D eigenvalue weighted by molar-refractivity contribution is 6.17. The van der Waals surface area contributed by atoms with Crippen LogP contribution in [0, 0.1) is 0 Å². The van der Waals surface area contributed by atoms with Gasteiger partial charge in [0.15, 0.2) is 0 Å². The van der Waals surface area contributed by atoms with Gasteiger partial charge in [-0.1, -0.05) is 60.7 Å². The van der Waals surface area contributed by atoms with Crippen molar-refractivity contribution < 1.29 is 14.6 Å². The number of fused-ring (bicyclic) bond motifs is 4. The van der Waals surface area contributed by atoms with Crippen LogP contribution in [-0.4, -0.2) is 27.8 Å². The highest BCUT2D eigenvalue weighted by Gasteiger charge is 2.46. The Morgan fingerprint density at radius 2 is 1.59 bits per heavy atom. The Hall–Kier alpha value is -3.44.